The third-order valence-corrected chi connectivity index (χ3v) is 7.60. The monoisotopic (exact) mass is 534 g/mol. The summed E-state index contributed by atoms with van der Waals surface area (Å²) in [5.74, 6) is 1.80. The molecule has 0 bridgehead atoms. The van der Waals surface area contributed by atoms with Crippen molar-refractivity contribution in [3.63, 3.8) is 0 Å². The average molecular weight is 535 g/mol. The highest BCUT2D eigenvalue weighted by molar-refractivity contribution is 5.96. The number of hydrogen-bond acceptors (Lipinski definition) is 5. The first-order chi connectivity index (χ1) is 20.2. The molecule has 2 aromatic heterocycles. The maximum absolute atomic E-state index is 13.0. The average Bonchev–Trinajstić information content (AvgIpc) is 3.74. The number of H-pyrrole nitrogens is 2. The summed E-state index contributed by atoms with van der Waals surface area (Å²) in [5, 5.41) is 0. The van der Waals surface area contributed by atoms with E-state index in [0.29, 0.717) is 17.1 Å². The quantitative estimate of drug-likeness (QED) is 0.225. The van der Waals surface area contributed by atoms with Crippen LogP contribution in [-0.4, -0.2) is 25.9 Å². The number of aromatic amines is 2. The fraction of sp³-hybridized carbons (Fsp3) is 0.0294. The van der Waals surface area contributed by atoms with E-state index in [4.69, 9.17) is 14.5 Å². The molecule has 8 rings (SSSR count). The molecule has 196 valence electrons. The molecule has 0 aliphatic carbocycles. The minimum absolute atomic E-state index is 0.326. The minimum Gasteiger partial charge on any atom is -0.457 e. The van der Waals surface area contributed by atoms with E-state index >= 15 is 0 Å². The fourth-order valence-electron chi connectivity index (χ4n) is 5.65. The van der Waals surface area contributed by atoms with E-state index in [2.05, 4.69) is 15.0 Å². The molecule has 0 spiro atoms. The summed E-state index contributed by atoms with van der Waals surface area (Å²) in [7, 11) is 0. The number of rotatable bonds is 5. The molecule has 1 aliphatic rings. The van der Waals surface area contributed by atoms with E-state index in [-0.39, 0.29) is 5.97 Å². The zero-order chi connectivity index (χ0) is 27.4. The molecule has 5 aromatic carbocycles. The SMILES string of the molecule is O=C1OC(c2ccccc2)(c2ccc(-c3nc4cc(Oc5ccc6[nH]cnc6c5)ccc4[nH]3)cc2)c2ccccc21. The Kier molecular flexibility index (Phi) is 5.05. The van der Waals surface area contributed by atoms with Crippen molar-refractivity contribution in [2.75, 3.05) is 0 Å². The summed E-state index contributed by atoms with van der Waals surface area (Å²) in [6.45, 7) is 0. The molecule has 0 radical (unpaired) electrons. The first-order valence-corrected chi connectivity index (χ1v) is 13.3. The van der Waals surface area contributed by atoms with Crippen LogP contribution in [0.25, 0.3) is 33.5 Å². The van der Waals surface area contributed by atoms with Gasteiger partial charge in [-0.05, 0) is 30.3 Å². The Hall–Kier alpha value is -5.69. The summed E-state index contributed by atoms with van der Waals surface area (Å²) in [5.41, 5.74) is 6.58. The number of imidazole rings is 2. The molecule has 2 N–H and O–H groups in total. The largest absolute Gasteiger partial charge is 0.457 e. The van der Waals surface area contributed by atoms with Gasteiger partial charge in [-0.15, -0.1) is 0 Å². The van der Waals surface area contributed by atoms with Crippen LogP contribution in [0.15, 0.2) is 122 Å². The number of esters is 1. The standard InChI is InChI=1S/C34H22N4O3/c39-33-26-8-4-5-9-27(26)34(41-33,22-6-2-1-3-7-22)23-12-10-21(11-13-23)32-37-29-17-15-25(19-31(29)38-32)40-24-14-16-28-30(18-24)36-20-35-28/h1-20H,(H,35,36)(H,37,38). The van der Waals surface area contributed by atoms with Crippen LogP contribution in [0.2, 0.25) is 0 Å². The van der Waals surface area contributed by atoms with Gasteiger partial charge < -0.3 is 19.4 Å². The maximum Gasteiger partial charge on any atom is 0.340 e. The van der Waals surface area contributed by atoms with Crippen LogP contribution < -0.4 is 4.74 Å². The third-order valence-electron chi connectivity index (χ3n) is 7.60. The lowest BCUT2D eigenvalue weighted by atomic mass is 9.80. The number of aromatic nitrogens is 4. The van der Waals surface area contributed by atoms with Gasteiger partial charge in [-0.25, -0.2) is 14.8 Å². The molecule has 7 aromatic rings. The molecule has 41 heavy (non-hydrogen) atoms. The second kappa shape index (κ2) is 8.93. The molecule has 7 nitrogen and oxygen atoms in total. The fourth-order valence-corrected chi connectivity index (χ4v) is 5.65. The van der Waals surface area contributed by atoms with Crippen LogP contribution >= 0.6 is 0 Å². The van der Waals surface area contributed by atoms with Gasteiger partial charge in [-0.2, -0.15) is 0 Å². The van der Waals surface area contributed by atoms with Gasteiger partial charge in [0.25, 0.3) is 0 Å². The number of nitrogens with zero attached hydrogens (tertiary/aromatic N) is 2. The Labute approximate surface area is 234 Å². The Morgan fingerprint density at radius 2 is 1.41 bits per heavy atom. The second-order valence-electron chi connectivity index (χ2n) is 10.0. The van der Waals surface area contributed by atoms with E-state index in [0.717, 1.165) is 50.1 Å². The lowest BCUT2D eigenvalue weighted by Gasteiger charge is -2.30. The highest BCUT2D eigenvalue weighted by Crippen LogP contribution is 2.47. The van der Waals surface area contributed by atoms with Crippen molar-refractivity contribution in [3.05, 3.63) is 144 Å². The van der Waals surface area contributed by atoms with Crippen molar-refractivity contribution in [1.82, 2.24) is 19.9 Å². The number of fused-ring (bicyclic) bond motifs is 3. The van der Waals surface area contributed by atoms with Gasteiger partial charge in [-0.1, -0.05) is 72.8 Å². The van der Waals surface area contributed by atoms with Crippen LogP contribution in [-0.2, 0) is 10.3 Å². The summed E-state index contributed by atoms with van der Waals surface area (Å²) in [4.78, 5) is 28.6. The third kappa shape index (κ3) is 3.71. The number of cyclic esters (lactones) is 1. The summed E-state index contributed by atoms with van der Waals surface area (Å²) in [6.07, 6.45) is 1.67. The number of carbonyl (C=O) groups is 1. The number of hydrogen-bond donors (Lipinski definition) is 2. The molecule has 1 aliphatic heterocycles. The zero-order valence-electron chi connectivity index (χ0n) is 21.7. The summed E-state index contributed by atoms with van der Waals surface area (Å²) in [6, 6.07) is 37.0. The smallest absolute Gasteiger partial charge is 0.340 e. The van der Waals surface area contributed by atoms with Gasteiger partial charge in [0.15, 0.2) is 5.60 Å². The zero-order valence-corrected chi connectivity index (χ0v) is 21.7. The van der Waals surface area contributed by atoms with Crippen molar-refractivity contribution < 1.29 is 14.3 Å². The Balaban J connectivity index is 1.14. The molecule has 0 amide bonds. The predicted molar refractivity (Wildman–Crippen MR) is 156 cm³/mol. The number of ether oxygens (including phenoxy) is 2. The van der Waals surface area contributed by atoms with Crippen molar-refractivity contribution >= 4 is 28.0 Å². The van der Waals surface area contributed by atoms with Gasteiger partial charge >= 0.3 is 5.97 Å². The van der Waals surface area contributed by atoms with Gasteiger partial charge in [0.05, 0.1) is 34.0 Å². The number of benzene rings is 5. The highest BCUT2D eigenvalue weighted by atomic mass is 16.6. The molecular formula is C34H22N4O3. The van der Waals surface area contributed by atoms with Crippen molar-refractivity contribution in [2.45, 2.75) is 5.60 Å². The van der Waals surface area contributed by atoms with E-state index in [1.165, 1.54) is 0 Å². The Bertz CT molecular complexity index is 2080. The predicted octanol–water partition coefficient (Wildman–Crippen LogP) is 7.36. The lowest BCUT2D eigenvalue weighted by molar-refractivity contribution is 0.0251. The molecular weight excluding hydrogens is 512 g/mol. The normalized spacial score (nSPS) is 16.1. The maximum atomic E-state index is 13.0. The molecule has 0 saturated heterocycles. The molecule has 1 unspecified atom stereocenters. The van der Waals surface area contributed by atoms with E-state index in [9.17, 15) is 4.79 Å². The van der Waals surface area contributed by atoms with E-state index in [1.807, 2.05) is 115 Å². The van der Waals surface area contributed by atoms with Gasteiger partial charge in [0.2, 0.25) is 0 Å². The molecule has 0 saturated carbocycles. The van der Waals surface area contributed by atoms with Gasteiger partial charge in [-0.3, -0.25) is 0 Å². The van der Waals surface area contributed by atoms with Crippen LogP contribution in [0.4, 0.5) is 0 Å². The van der Waals surface area contributed by atoms with Crippen molar-refractivity contribution in [1.29, 1.82) is 0 Å². The van der Waals surface area contributed by atoms with Crippen LogP contribution in [0, 0.1) is 0 Å². The number of carbonyl (C=O) groups excluding carboxylic acids is 1. The molecule has 0 fully saturated rings. The van der Waals surface area contributed by atoms with Gasteiger partial charge in [0.1, 0.15) is 17.3 Å². The summed E-state index contributed by atoms with van der Waals surface area (Å²) < 4.78 is 12.3. The Morgan fingerprint density at radius 1 is 0.707 bits per heavy atom. The van der Waals surface area contributed by atoms with E-state index < -0.39 is 5.60 Å². The first kappa shape index (κ1) is 23.2. The Morgan fingerprint density at radius 3 is 2.24 bits per heavy atom. The van der Waals surface area contributed by atoms with Crippen LogP contribution in [0.1, 0.15) is 27.0 Å². The summed E-state index contributed by atoms with van der Waals surface area (Å²) >= 11 is 0. The first-order valence-electron chi connectivity index (χ1n) is 13.3. The highest BCUT2D eigenvalue weighted by Gasteiger charge is 2.48. The van der Waals surface area contributed by atoms with Crippen molar-refractivity contribution in [3.8, 4) is 22.9 Å². The number of nitrogens with one attached hydrogen (secondary N) is 2. The molecule has 1 atom stereocenters. The van der Waals surface area contributed by atoms with Crippen molar-refractivity contribution in [2.24, 2.45) is 0 Å². The minimum atomic E-state index is -1.02. The van der Waals surface area contributed by atoms with Gasteiger partial charge in [0, 0.05) is 34.4 Å². The second-order valence-corrected chi connectivity index (χ2v) is 10.0. The van der Waals surface area contributed by atoms with Crippen LogP contribution in [0.3, 0.4) is 0 Å². The molecule has 3 heterocycles. The lowest BCUT2D eigenvalue weighted by Crippen LogP contribution is -2.29. The topological polar surface area (TPSA) is 92.9 Å². The van der Waals surface area contributed by atoms with E-state index in [1.54, 1.807) is 6.33 Å². The van der Waals surface area contributed by atoms with Crippen LogP contribution in [0.5, 0.6) is 11.5 Å². The molecule has 7 heteroatoms.